The van der Waals surface area contributed by atoms with Gasteiger partial charge in [-0.1, -0.05) is 6.07 Å². The lowest BCUT2D eigenvalue weighted by atomic mass is 10.0. The summed E-state index contributed by atoms with van der Waals surface area (Å²) in [6, 6.07) is 9.77. The number of benzene rings is 1. The number of ether oxygens (including phenoxy) is 1. The lowest BCUT2D eigenvalue weighted by molar-refractivity contribution is -0.117. The first kappa shape index (κ1) is 18.4. The maximum absolute atomic E-state index is 12.2. The molecule has 0 atom stereocenters. The zero-order valence-electron chi connectivity index (χ0n) is 17.1. The van der Waals surface area contributed by atoms with Gasteiger partial charge in [0.1, 0.15) is 17.3 Å². The Labute approximate surface area is 173 Å². The lowest BCUT2D eigenvalue weighted by Crippen LogP contribution is -2.14. The molecule has 0 saturated heterocycles. The number of nitrogens with zero attached hydrogens (tertiary/aromatic N) is 5. The van der Waals surface area contributed by atoms with Crippen molar-refractivity contribution < 1.29 is 9.53 Å². The standard InChI is InChI=1S/C22H22N6O2/c1-27-10-9-17(25-27)14-5-4-6-15(21(14)30-3)20-16-11-19(24-22(29)13-7-8-13)23-12-18(16)28(2)26-20/h4-6,9-13H,7-8H2,1-3H3,(H,23,24,29). The molecule has 1 amide bonds. The molecule has 152 valence electrons. The van der Waals surface area contributed by atoms with Crippen LogP contribution in [0.3, 0.4) is 0 Å². The molecule has 5 rings (SSSR count). The van der Waals surface area contributed by atoms with E-state index in [-0.39, 0.29) is 11.8 Å². The number of aryl methyl sites for hydroxylation is 2. The van der Waals surface area contributed by atoms with Gasteiger partial charge in [-0.05, 0) is 37.1 Å². The molecule has 8 heteroatoms. The highest BCUT2D eigenvalue weighted by molar-refractivity contribution is 6.00. The van der Waals surface area contributed by atoms with Crippen LogP contribution in [-0.2, 0) is 18.9 Å². The van der Waals surface area contributed by atoms with E-state index in [2.05, 4.69) is 15.4 Å². The van der Waals surface area contributed by atoms with E-state index in [4.69, 9.17) is 9.84 Å². The van der Waals surface area contributed by atoms with E-state index in [0.717, 1.165) is 46.3 Å². The first-order chi connectivity index (χ1) is 14.5. The summed E-state index contributed by atoms with van der Waals surface area (Å²) in [5.74, 6) is 1.39. The number of aromatic nitrogens is 5. The summed E-state index contributed by atoms with van der Waals surface area (Å²) in [6.45, 7) is 0. The minimum Gasteiger partial charge on any atom is -0.495 e. The van der Waals surface area contributed by atoms with Crippen molar-refractivity contribution in [2.24, 2.45) is 20.0 Å². The maximum Gasteiger partial charge on any atom is 0.228 e. The summed E-state index contributed by atoms with van der Waals surface area (Å²) in [5, 5.41) is 13.1. The molecule has 1 aliphatic carbocycles. The van der Waals surface area contributed by atoms with Crippen molar-refractivity contribution in [3.63, 3.8) is 0 Å². The Morgan fingerprint density at radius 2 is 1.97 bits per heavy atom. The van der Waals surface area contributed by atoms with Gasteiger partial charge < -0.3 is 10.1 Å². The van der Waals surface area contributed by atoms with Crippen LogP contribution in [0.1, 0.15) is 12.8 Å². The van der Waals surface area contributed by atoms with Crippen molar-refractivity contribution >= 4 is 22.6 Å². The predicted molar refractivity (Wildman–Crippen MR) is 114 cm³/mol. The Bertz CT molecular complexity index is 1270. The van der Waals surface area contributed by atoms with E-state index < -0.39 is 0 Å². The Kier molecular flexibility index (Phi) is 4.27. The molecule has 1 saturated carbocycles. The third-order valence-electron chi connectivity index (χ3n) is 5.40. The Morgan fingerprint density at radius 1 is 1.17 bits per heavy atom. The van der Waals surface area contributed by atoms with Crippen molar-refractivity contribution in [3.05, 3.63) is 42.7 Å². The second-order valence-electron chi connectivity index (χ2n) is 7.58. The average molecular weight is 402 g/mol. The molecule has 30 heavy (non-hydrogen) atoms. The molecule has 3 heterocycles. The van der Waals surface area contributed by atoms with Crippen LogP contribution < -0.4 is 10.1 Å². The van der Waals surface area contributed by atoms with E-state index in [9.17, 15) is 4.79 Å². The summed E-state index contributed by atoms with van der Waals surface area (Å²) >= 11 is 0. The highest BCUT2D eigenvalue weighted by Gasteiger charge is 2.30. The topological polar surface area (TPSA) is 86.9 Å². The molecule has 1 N–H and O–H groups in total. The van der Waals surface area contributed by atoms with Crippen LogP contribution in [-0.4, -0.2) is 37.6 Å². The summed E-state index contributed by atoms with van der Waals surface area (Å²) in [6.07, 6.45) is 5.54. The number of rotatable bonds is 5. The second-order valence-corrected chi connectivity index (χ2v) is 7.58. The Balaban J connectivity index is 1.64. The number of pyridine rings is 1. The number of carbonyl (C=O) groups is 1. The van der Waals surface area contributed by atoms with Crippen LogP contribution in [0.4, 0.5) is 5.82 Å². The van der Waals surface area contributed by atoms with Crippen molar-refractivity contribution in [1.29, 1.82) is 0 Å². The number of hydrogen-bond donors (Lipinski definition) is 1. The molecule has 0 spiro atoms. The number of hydrogen-bond acceptors (Lipinski definition) is 5. The molecular weight excluding hydrogens is 380 g/mol. The van der Waals surface area contributed by atoms with Crippen molar-refractivity contribution in [1.82, 2.24) is 24.5 Å². The average Bonchev–Trinajstić information content (AvgIpc) is 3.44. The third kappa shape index (κ3) is 3.10. The number of carbonyl (C=O) groups excluding carboxylic acids is 1. The first-order valence-corrected chi connectivity index (χ1v) is 9.86. The van der Waals surface area contributed by atoms with Crippen LogP contribution >= 0.6 is 0 Å². The zero-order chi connectivity index (χ0) is 20.8. The van der Waals surface area contributed by atoms with Crippen molar-refractivity contribution in [3.8, 4) is 28.3 Å². The fraction of sp³-hybridized carbons (Fsp3) is 0.273. The molecule has 0 radical (unpaired) electrons. The minimum absolute atomic E-state index is 0.0296. The molecule has 8 nitrogen and oxygen atoms in total. The lowest BCUT2D eigenvalue weighted by Gasteiger charge is -2.11. The Hall–Kier alpha value is -3.68. The number of fused-ring (bicyclic) bond motifs is 1. The first-order valence-electron chi connectivity index (χ1n) is 9.86. The zero-order valence-corrected chi connectivity index (χ0v) is 17.1. The van der Waals surface area contributed by atoms with Gasteiger partial charge in [0.2, 0.25) is 5.91 Å². The number of amides is 1. The summed E-state index contributed by atoms with van der Waals surface area (Å²) in [7, 11) is 5.42. The van der Waals surface area contributed by atoms with Gasteiger partial charge in [-0.15, -0.1) is 0 Å². The van der Waals surface area contributed by atoms with E-state index >= 15 is 0 Å². The Morgan fingerprint density at radius 3 is 2.67 bits per heavy atom. The summed E-state index contributed by atoms with van der Waals surface area (Å²) in [5.41, 5.74) is 4.23. The molecular formula is C22H22N6O2. The van der Waals surface area contributed by atoms with Gasteiger partial charge >= 0.3 is 0 Å². The van der Waals surface area contributed by atoms with E-state index in [0.29, 0.717) is 11.6 Å². The molecule has 0 unspecified atom stereocenters. The van der Waals surface area contributed by atoms with Crippen LogP contribution in [0.15, 0.2) is 42.7 Å². The van der Waals surface area contributed by atoms with Gasteiger partial charge in [-0.2, -0.15) is 10.2 Å². The molecule has 0 aliphatic heterocycles. The van der Waals surface area contributed by atoms with Crippen molar-refractivity contribution in [2.45, 2.75) is 12.8 Å². The van der Waals surface area contributed by atoms with Crippen LogP contribution in [0.25, 0.3) is 33.4 Å². The predicted octanol–water partition coefficient (Wildman–Crippen LogP) is 3.39. The molecule has 4 aromatic rings. The highest BCUT2D eigenvalue weighted by Crippen LogP contribution is 2.40. The van der Waals surface area contributed by atoms with Crippen LogP contribution in [0.5, 0.6) is 5.75 Å². The molecule has 1 fully saturated rings. The van der Waals surface area contributed by atoms with Gasteiger partial charge in [0.15, 0.2) is 0 Å². The van der Waals surface area contributed by atoms with Gasteiger partial charge in [0.25, 0.3) is 0 Å². The summed E-state index contributed by atoms with van der Waals surface area (Å²) in [4.78, 5) is 16.6. The van der Waals surface area contributed by atoms with Gasteiger partial charge in [-0.25, -0.2) is 4.98 Å². The maximum atomic E-state index is 12.2. The molecule has 3 aromatic heterocycles. The van der Waals surface area contributed by atoms with E-state index in [1.165, 1.54) is 0 Å². The number of anilines is 1. The summed E-state index contributed by atoms with van der Waals surface area (Å²) < 4.78 is 9.35. The fourth-order valence-corrected chi connectivity index (χ4v) is 3.70. The quantitative estimate of drug-likeness (QED) is 0.553. The van der Waals surface area contributed by atoms with E-state index in [1.807, 2.05) is 50.6 Å². The number of nitrogens with one attached hydrogen (secondary N) is 1. The third-order valence-corrected chi connectivity index (χ3v) is 5.40. The molecule has 1 aliphatic rings. The number of para-hydroxylation sites is 1. The van der Waals surface area contributed by atoms with Gasteiger partial charge in [0, 0.05) is 42.7 Å². The molecule has 0 bridgehead atoms. The number of methoxy groups -OCH3 is 1. The highest BCUT2D eigenvalue weighted by atomic mass is 16.5. The van der Waals surface area contributed by atoms with Gasteiger partial charge in [-0.3, -0.25) is 14.2 Å². The monoisotopic (exact) mass is 402 g/mol. The fourth-order valence-electron chi connectivity index (χ4n) is 3.70. The largest absolute Gasteiger partial charge is 0.495 e. The SMILES string of the molecule is COc1c(-c2ccn(C)n2)cccc1-c1nn(C)c2cnc(NC(=O)C3CC3)cc12. The van der Waals surface area contributed by atoms with E-state index in [1.54, 1.807) is 22.7 Å². The minimum atomic E-state index is 0.0296. The smallest absolute Gasteiger partial charge is 0.228 e. The second kappa shape index (κ2) is 6.98. The van der Waals surface area contributed by atoms with Gasteiger partial charge in [0.05, 0.1) is 24.5 Å². The van der Waals surface area contributed by atoms with Crippen molar-refractivity contribution in [2.75, 3.05) is 12.4 Å². The van der Waals surface area contributed by atoms with Crippen LogP contribution in [0.2, 0.25) is 0 Å². The normalized spacial score (nSPS) is 13.6. The molecule has 1 aromatic carbocycles. The van der Waals surface area contributed by atoms with Crippen LogP contribution in [0, 0.1) is 5.92 Å².